The van der Waals surface area contributed by atoms with Crippen molar-refractivity contribution in [1.82, 2.24) is 5.32 Å². The Bertz CT molecular complexity index is 363. The summed E-state index contributed by atoms with van der Waals surface area (Å²) in [5.74, 6) is 0. The van der Waals surface area contributed by atoms with Crippen molar-refractivity contribution in [2.24, 2.45) is 0 Å². The molecule has 0 atom stereocenters. The highest BCUT2D eigenvalue weighted by Crippen LogP contribution is 2.20. The summed E-state index contributed by atoms with van der Waals surface area (Å²) in [7, 11) is 0. The van der Waals surface area contributed by atoms with Crippen LogP contribution in [-0.4, -0.2) is 13.1 Å². The lowest BCUT2D eigenvalue weighted by Gasteiger charge is -2.07. The maximum atomic E-state index is 3.33. The zero-order chi connectivity index (χ0) is 9.97. The van der Waals surface area contributed by atoms with Crippen molar-refractivity contribution in [2.75, 3.05) is 13.1 Å². The van der Waals surface area contributed by atoms with Gasteiger partial charge in [0.25, 0.3) is 0 Å². The Morgan fingerprint density at radius 3 is 2.86 bits per heavy atom. The molecule has 0 unspecified atom stereocenters. The molecule has 0 radical (unpaired) electrons. The molecule has 1 aliphatic rings. The Kier molecular flexibility index (Phi) is 2.69. The normalized spacial score (nSPS) is 15.7. The summed E-state index contributed by atoms with van der Waals surface area (Å²) >= 11 is 0. The van der Waals surface area contributed by atoms with Gasteiger partial charge in [0.2, 0.25) is 0 Å². The van der Waals surface area contributed by atoms with Gasteiger partial charge in [-0.05, 0) is 35.6 Å². The Labute approximate surface area is 85.8 Å². The predicted octanol–water partition coefficient (Wildman–Crippen LogP) is 2.54. The SMILES string of the molecule is CCc1cc(C2=CCNC2)ccc1C. The van der Waals surface area contributed by atoms with E-state index in [9.17, 15) is 0 Å². The average molecular weight is 187 g/mol. The molecule has 1 aromatic rings. The second-order valence-electron chi connectivity index (χ2n) is 3.86. The van der Waals surface area contributed by atoms with Crippen LogP contribution in [0.25, 0.3) is 5.57 Å². The largest absolute Gasteiger partial charge is 0.309 e. The van der Waals surface area contributed by atoms with Gasteiger partial charge in [-0.3, -0.25) is 0 Å². The van der Waals surface area contributed by atoms with Crippen LogP contribution in [0.2, 0.25) is 0 Å². The quantitative estimate of drug-likeness (QED) is 0.750. The van der Waals surface area contributed by atoms with Crippen LogP contribution in [0.5, 0.6) is 0 Å². The molecular weight excluding hydrogens is 170 g/mol. The highest BCUT2D eigenvalue weighted by Gasteiger charge is 2.07. The zero-order valence-electron chi connectivity index (χ0n) is 8.93. The van der Waals surface area contributed by atoms with Crippen LogP contribution in [0.1, 0.15) is 23.6 Å². The summed E-state index contributed by atoms with van der Waals surface area (Å²) in [6.45, 7) is 6.44. The fourth-order valence-corrected chi connectivity index (χ4v) is 1.95. The molecule has 1 nitrogen and oxygen atoms in total. The molecule has 1 aliphatic heterocycles. The molecular formula is C13H17N. The fraction of sp³-hybridized carbons (Fsp3) is 0.385. The van der Waals surface area contributed by atoms with E-state index in [1.54, 1.807) is 0 Å². The van der Waals surface area contributed by atoms with E-state index in [0.29, 0.717) is 0 Å². The number of nitrogens with one attached hydrogen (secondary N) is 1. The molecule has 0 bridgehead atoms. The lowest BCUT2D eigenvalue weighted by molar-refractivity contribution is 0.897. The summed E-state index contributed by atoms with van der Waals surface area (Å²) in [4.78, 5) is 0. The van der Waals surface area contributed by atoms with Gasteiger partial charge in [-0.2, -0.15) is 0 Å². The Morgan fingerprint density at radius 2 is 2.21 bits per heavy atom. The summed E-state index contributed by atoms with van der Waals surface area (Å²) in [6, 6.07) is 6.79. The van der Waals surface area contributed by atoms with Crippen molar-refractivity contribution in [3.05, 3.63) is 41.0 Å². The molecule has 1 heteroatoms. The first-order valence-corrected chi connectivity index (χ1v) is 5.31. The minimum atomic E-state index is 1.02. The van der Waals surface area contributed by atoms with E-state index >= 15 is 0 Å². The summed E-state index contributed by atoms with van der Waals surface area (Å²) in [6.07, 6.45) is 3.41. The van der Waals surface area contributed by atoms with Gasteiger partial charge < -0.3 is 5.32 Å². The highest BCUT2D eigenvalue weighted by molar-refractivity contribution is 5.69. The van der Waals surface area contributed by atoms with Gasteiger partial charge in [0.05, 0.1) is 0 Å². The first-order chi connectivity index (χ1) is 6.81. The van der Waals surface area contributed by atoms with Crippen LogP contribution in [0.3, 0.4) is 0 Å². The van der Waals surface area contributed by atoms with E-state index in [1.165, 1.54) is 22.3 Å². The molecule has 1 N–H and O–H groups in total. The summed E-state index contributed by atoms with van der Waals surface area (Å²) in [5, 5.41) is 3.33. The molecule has 0 fully saturated rings. The Morgan fingerprint density at radius 1 is 1.36 bits per heavy atom. The van der Waals surface area contributed by atoms with Gasteiger partial charge in [0, 0.05) is 13.1 Å². The topological polar surface area (TPSA) is 12.0 Å². The van der Waals surface area contributed by atoms with E-state index in [0.717, 1.165) is 19.5 Å². The van der Waals surface area contributed by atoms with Crippen LogP contribution in [0.4, 0.5) is 0 Å². The average Bonchev–Trinajstić information content (AvgIpc) is 2.71. The summed E-state index contributed by atoms with van der Waals surface area (Å²) in [5.41, 5.74) is 5.70. The van der Waals surface area contributed by atoms with Crippen LogP contribution >= 0.6 is 0 Å². The lowest BCUT2D eigenvalue weighted by atomic mass is 9.99. The third-order valence-corrected chi connectivity index (χ3v) is 2.91. The minimum Gasteiger partial charge on any atom is -0.309 e. The first-order valence-electron chi connectivity index (χ1n) is 5.31. The molecule has 0 saturated carbocycles. The molecule has 14 heavy (non-hydrogen) atoms. The van der Waals surface area contributed by atoms with Gasteiger partial charge in [-0.1, -0.05) is 31.2 Å². The second-order valence-corrected chi connectivity index (χ2v) is 3.86. The molecule has 1 heterocycles. The van der Waals surface area contributed by atoms with Crippen molar-refractivity contribution in [3.8, 4) is 0 Å². The molecule has 0 amide bonds. The molecule has 0 aromatic heterocycles. The van der Waals surface area contributed by atoms with E-state index in [1.807, 2.05) is 0 Å². The minimum absolute atomic E-state index is 1.02. The van der Waals surface area contributed by atoms with Gasteiger partial charge in [-0.25, -0.2) is 0 Å². The smallest absolute Gasteiger partial charge is 0.0211 e. The number of hydrogen-bond acceptors (Lipinski definition) is 1. The standard InChI is InChI=1S/C13H17N/c1-3-11-8-12(5-4-10(11)2)13-6-7-14-9-13/h4-6,8,14H,3,7,9H2,1-2H3. The van der Waals surface area contributed by atoms with Gasteiger partial charge in [0.15, 0.2) is 0 Å². The number of hydrogen-bond donors (Lipinski definition) is 1. The van der Waals surface area contributed by atoms with E-state index in [-0.39, 0.29) is 0 Å². The number of benzene rings is 1. The van der Waals surface area contributed by atoms with Crippen molar-refractivity contribution < 1.29 is 0 Å². The van der Waals surface area contributed by atoms with Crippen LogP contribution in [-0.2, 0) is 6.42 Å². The highest BCUT2D eigenvalue weighted by atomic mass is 14.9. The van der Waals surface area contributed by atoms with Crippen molar-refractivity contribution in [1.29, 1.82) is 0 Å². The van der Waals surface area contributed by atoms with Gasteiger partial charge >= 0.3 is 0 Å². The Hall–Kier alpha value is -1.08. The van der Waals surface area contributed by atoms with Crippen molar-refractivity contribution in [3.63, 3.8) is 0 Å². The fourth-order valence-electron chi connectivity index (χ4n) is 1.95. The molecule has 1 aromatic carbocycles. The Balaban J connectivity index is 2.35. The molecule has 0 spiro atoms. The third-order valence-electron chi connectivity index (χ3n) is 2.91. The lowest BCUT2D eigenvalue weighted by Crippen LogP contribution is -2.07. The van der Waals surface area contributed by atoms with Crippen molar-refractivity contribution >= 4 is 5.57 Å². The van der Waals surface area contributed by atoms with E-state index in [2.05, 4.69) is 43.4 Å². The maximum Gasteiger partial charge on any atom is 0.0211 e. The van der Waals surface area contributed by atoms with E-state index in [4.69, 9.17) is 0 Å². The third kappa shape index (κ3) is 1.73. The molecule has 2 rings (SSSR count). The van der Waals surface area contributed by atoms with Crippen LogP contribution in [0.15, 0.2) is 24.3 Å². The second kappa shape index (κ2) is 3.97. The van der Waals surface area contributed by atoms with Crippen molar-refractivity contribution in [2.45, 2.75) is 20.3 Å². The molecule has 0 aliphatic carbocycles. The maximum absolute atomic E-state index is 3.33. The van der Waals surface area contributed by atoms with E-state index < -0.39 is 0 Å². The zero-order valence-corrected chi connectivity index (χ0v) is 8.93. The predicted molar refractivity (Wildman–Crippen MR) is 61.4 cm³/mol. The molecule has 74 valence electrons. The monoisotopic (exact) mass is 187 g/mol. The summed E-state index contributed by atoms with van der Waals surface area (Å²) < 4.78 is 0. The molecule has 0 saturated heterocycles. The first kappa shape index (κ1) is 9.47. The number of rotatable bonds is 2. The number of aryl methyl sites for hydroxylation is 2. The van der Waals surface area contributed by atoms with Gasteiger partial charge in [0.1, 0.15) is 0 Å². The van der Waals surface area contributed by atoms with Crippen LogP contribution in [0, 0.1) is 6.92 Å². The van der Waals surface area contributed by atoms with Gasteiger partial charge in [-0.15, -0.1) is 0 Å². The van der Waals surface area contributed by atoms with Crippen LogP contribution < -0.4 is 5.32 Å².